The van der Waals surface area contributed by atoms with Crippen LogP contribution in [0.1, 0.15) is 71.8 Å². The molecule has 8 atom stereocenters. The fourth-order valence-electron chi connectivity index (χ4n) is 10.7. The summed E-state index contributed by atoms with van der Waals surface area (Å²) in [5.74, 6) is 3.54. The summed E-state index contributed by atoms with van der Waals surface area (Å²) in [6.45, 7) is 17.1. The second kappa shape index (κ2) is 13.0. The molecule has 4 fully saturated rings. The molecule has 0 amide bonds. The van der Waals surface area contributed by atoms with Crippen LogP contribution in [0.4, 0.5) is 0 Å². The van der Waals surface area contributed by atoms with Crippen LogP contribution in [0, 0.1) is 51.8 Å². The van der Waals surface area contributed by atoms with Crippen molar-refractivity contribution in [2.45, 2.75) is 72.8 Å². The highest BCUT2D eigenvalue weighted by atomic mass is 16.6. The normalized spacial score (nSPS) is 41.3. The third-order valence-electron chi connectivity index (χ3n) is 12.4. The van der Waals surface area contributed by atoms with E-state index >= 15 is 0 Å². The molecule has 7 rings (SSSR count). The van der Waals surface area contributed by atoms with E-state index in [2.05, 4.69) is 64.1 Å². The Morgan fingerprint density at radius 3 is 2.24 bits per heavy atom. The largest absolute Gasteiger partial charge is 0.379 e. The van der Waals surface area contributed by atoms with Gasteiger partial charge < -0.3 is 23.7 Å². The van der Waals surface area contributed by atoms with Gasteiger partial charge in [0.15, 0.2) is 0 Å². The lowest BCUT2D eigenvalue weighted by Crippen LogP contribution is -2.65. The van der Waals surface area contributed by atoms with Gasteiger partial charge in [-0.15, -0.1) is 0 Å². The second-order valence-electron chi connectivity index (χ2n) is 15.0. The molecule has 1 aromatic carbocycles. The van der Waals surface area contributed by atoms with Gasteiger partial charge in [0, 0.05) is 0 Å². The minimum absolute atomic E-state index is 0.186. The molecule has 0 unspecified atom stereocenters. The maximum atomic E-state index is 6.51. The molecule has 6 aliphatic rings. The number of allylic oxidation sites excluding steroid dienone is 2. The van der Waals surface area contributed by atoms with Crippen LogP contribution in [0.5, 0.6) is 0 Å². The van der Waals surface area contributed by atoms with Gasteiger partial charge in [0.25, 0.3) is 0 Å². The molecule has 1 heterocycles. The molecule has 3 saturated carbocycles. The van der Waals surface area contributed by atoms with Crippen LogP contribution in [-0.4, -0.2) is 59.5 Å². The Bertz CT molecular complexity index is 1060. The summed E-state index contributed by atoms with van der Waals surface area (Å²) in [7, 11) is 0. The molecule has 5 nitrogen and oxygen atoms in total. The fraction of sp³-hybridized carbons (Fsp3) is 0.784. The van der Waals surface area contributed by atoms with Gasteiger partial charge in [-0.25, -0.2) is 0 Å². The van der Waals surface area contributed by atoms with Crippen molar-refractivity contribution in [3.05, 3.63) is 47.5 Å². The molecule has 234 valence electrons. The first-order chi connectivity index (χ1) is 20.4. The standard InChI is InChI=1S/C37H56O5/c1-27(2)30-22-37-14-11-33-35(3,26-42-23-28-9-6-5-7-10-28)12-8-13-36(33,4)34(37)21-29(30)31-24-40-19-17-38-15-16-39-18-20-41-25-32(31)37/h5-7,9-10,22,27,29,31-34H,8,11-21,23-26H2,1-4H3/t29-,31-,32-,33+,34-,35+,36+,37+/m1/s1. The number of hydrogen-bond acceptors (Lipinski definition) is 5. The molecule has 0 aromatic heterocycles. The summed E-state index contributed by atoms with van der Waals surface area (Å²) in [4.78, 5) is 0. The number of fused-ring (bicyclic) bond motifs is 1. The second-order valence-corrected chi connectivity index (χ2v) is 15.0. The fourth-order valence-corrected chi connectivity index (χ4v) is 10.7. The highest BCUT2D eigenvalue weighted by Gasteiger charge is 2.67. The van der Waals surface area contributed by atoms with Crippen molar-refractivity contribution < 1.29 is 23.7 Å². The molecule has 1 saturated heterocycles. The predicted octanol–water partition coefficient (Wildman–Crippen LogP) is 7.34. The van der Waals surface area contributed by atoms with Crippen molar-refractivity contribution >= 4 is 0 Å². The van der Waals surface area contributed by atoms with Gasteiger partial charge in [0.05, 0.1) is 66.1 Å². The van der Waals surface area contributed by atoms with Crippen molar-refractivity contribution in [3.8, 4) is 0 Å². The summed E-state index contributed by atoms with van der Waals surface area (Å²) >= 11 is 0. The topological polar surface area (TPSA) is 46.2 Å². The molecule has 0 radical (unpaired) electrons. The molecule has 5 aliphatic carbocycles. The molecule has 1 aliphatic heterocycles. The van der Waals surface area contributed by atoms with Crippen molar-refractivity contribution in [1.29, 1.82) is 0 Å². The Labute approximate surface area is 255 Å². The third-order valence-corrected chi connectivity index (χ3v) is 12.4. The molecule has 2 bridgehead atoms. The zero-order valence-electron chi connectivity index (χ0n) is 26.8. The van der Waals surface area contributed by atoms with E-state index in [4.69, 9.17) is 23.7 Å². The van der Waals surface area contributed by atoms with Crippen molar-refractivity contribution in [1.82, 2.24) is 0 Å². The lowest BCUT2D eigenvalue weighted by Gasteiger charge is -2.70. The summed E-state index contributed by atoms with van der Waals surface area (Å²) in [6, 6.07) is 10.7. The number of rotatable bonds is 5. The Hall–Kier alpha value is -1.24. The minimum Gasteiger partial charge on any atom is -0.379 e. The number of hydrogen-bond donors (Lipinski definition) is 0. The van der Waals surface area contributed by atoms with Crippen LogP contribution in [0.2, 0.25) is 0 Å². The van der Waals surface area contributed by atoms with Crippen LogP contribution in [0.15, 0.2) is 42.0 Å². The Morgan fingerprint density at radius 1 is 0.833 bits per heavy atom. The molecule has 0 N–H and O–H groups in total. The van der Waals surface area contributed by atoms with Gasteiger partial charge in [-0.05, 0) is 89.4 Å². The Balaban J connectivity index is 1.27. The van der Waals surface area contributed by atoms with E-state index in [1.54, 1.807) is 5.57 Å². The summed E-state index contributed by atoms with van der Waals surface area (Å²) in [6.07, 6.45) is 10.6. The maximum Gasteiger partial charge on any atom is 0.0717 e. The first kappa shape index (κ1) is 30.8. The molecule has 1 spiro atoms. The van der Waals surface area contributed by atoms with E-state index in [-0.39, 0.29) is 10.8 Å². The van der Waals surface area contributed by atoms with E-state index in [0.717, 1.165) is 19.8 Å². The summed E-state index contributed by atoms with van der Waals surface area (Å²) in [5, 5.41) is 0. The van der Waals surface area contributed by atoms with Crippen LogP contribution < -0.4 is 0 Å². The van der Waals surface area contributed by atoms with Gasteiger partial charge in [-0.2, -0.15) is 0 Å². The maximum absolute atomic E-state index is 6.51. The highest BCUT2D eigenvalue weighted by molar-refractivity contribution is 5.31. The first-order valence-electron chi connectivity index (χ1n) is 17.0. The third kappa shape index (κ3) is 5.78. The number of ether oxygens (including phenoxy) is 5. The smallest absolute Gasteiger partial charge is 0.0717 e. The lowest BCUT2D eigenvalue weighted by atomic mass is 9.34. The molecular weight excluding hydrogens is 524 g/mol. The van der Waals surface area contributed by atoms with Crippen LogP contribution in [0.25, 0.3) is 0 Å². The SMILES string of the molecule is CC(C)C1=C[C@]23CC[C@H]4[C@](C)(COCc5ccccc5)CCC[C@]4(C)[C@H]2C[C@H]1[C@H]1COCCOCCOCCOC[C@H]13. The Kier molecular flexibility index (Phi) is 9.53. The van der Waals surface area contributed by atoms with Crippen molar-refractivity contribution in [2.75, 3.05) is 59.5 Å². The van der Waals surface area contributed by atoms with Gasteiger partial charge in [0.1, 0.15) is 0 Å². The molecule has 1 aromatic rings. The van der Waals surface area contributed by atoms with E-state index < -0.39 is 0 Å². The predicted molar refractivity (Wildman–Crippen MR) is 166 cm³/mol. The monoisotopic (exact) mass is 580 g/mol. The van der Waals surface area contributed by atoms with Crippen molar-refractivity contribution in [2.24, 2.45) is 51.8 Å². The summed E-state index contributed by atoms with van der Waals surface area (Å²) < 4.78 is 30.9. The van der Waals surface area contributed by atoms with E-state index in [1.807, 2.05) is 0 Å². The van der Waals surface area contributed by atoms with Crippen LogP contribution in [-0.2, 0) is 30.3 Å². The molecular formula is C37H56O5. The lowest BCUT2D eigenvalue weighted by molar-refractivity contribution is -0.208. The number of benzene rings is 1. The average Bonchev–Trinajstić information content (AvgIpc) is 2.98. The summed E-state index contributed by atoms with van der Waals surface area (Å²) in [5.41, 5.74) is 3.71. The Morgan fingerprint density at radius 2 is 1.52 bits per heavy atom. The van der Waals surface area contributed by atoms with Gasteiger partial charge in [-0.1, -0.05) is 76.1 Å². The van der Waals surface area contributed by atoms with Crippen molar-refractivity contribution in [3.63, 3.8) is 0 Å². The zero-order chi connectivity index (χ0) is 29.2. The van der Waals surface area contributed by atoms with Crippen LogP contribution >= 0.6 is 0 Å². The van der Waals surface area contributed by atoms with Gasteiger partial charge in [-0.3, -0.25) is 0 Å². The minimum atomic E-state index is 0.186. The van der Waals surface area contributed by atoms with Gasteiger partial charge in [0.2, 0.25) is 0 Å². The quantitative estimate of drug-likeness (QED) is 0.341. The zero-order valence-corrected chi connectivity index (χ0v) is 26.8. The van der Waals surface area contributed by atoms with E-state index in [1.165, 1.54) is 44.1 Å². The average molecular weight is 581 g/mol. The van der Waals surface area contributed by atoms with E-state index in [9.17, 15) is 0 Å². The molecule has 42 heavy (non-hydrogen) atoms. The van der Waals surface area contributed by atoms with E-state index in [0.29, 0.717) is 87.2 Å². The first-order valence-corrected chi connectivity index (χ1v) is 17.0. The van der Waals surface area contributed by atoms with Crippen LogP contribution in [0.3, 0.4) is 0 Å². The highest BCUT2D eigenvalue weighted by Crippen LogP contribution is 2.73. The molecule has 5 heteroatoms. The van der Waals surface area contributed by atoms with Gasteiger partial charge >= 0.3 is 0 Å².